The summed E-state index contributed by atoms with van der Waals surface area (Å²) in [7, 11) is 0. The number of amides is 2. The maximum absolute atomic E-state index is 12.0. The van der Waals surface area contributed by atoms with E-state index in [0.29, 0.717) is 34.4 Å². The molecule has 0 fully saturated rings. The van der Waals surface area contributed by atoms with E-state index in [4.69, 9.17) is 18.9 Å². The van der Waals surface area contributed by atoms with Crippen molar-refractivity contribution in [3.05, 3.63) is 47.5 Å². The maximum atomic E-state index is 12.0. The van der Waals surface area contributed by atoms with E-state index < -0.39 is 6.03 Å². The van der Waals surface area contributed by atoms with Crippen molar-refractivity contribution in [2.75, 3.05) is 13.6 Å². The van der Waals surface area contributed by atoms with Crippen LogP contribution in [0, 0.1) is 0 Å². The topological polar surface area (TPSA) is 103 Å². The molecule has 2 heterocycles. The van der Waals surface area contributed by atoms with Crippen LogP contribution >= 0.6 is 0 Å². The van der Waals surface area contributed by atoms with Gasteiger partial charge in [-0.2, -0.15) is 10.2 Å². The van der Waals surface area contributed by atoms with Crippen molar-refractivity contribution < 1.29 is 23.7 Å². The van der Waals surface area contributed by atoms with E-state index in [1.165, 1.54) is 0 Å². The normalized spacial score (nSPS) is 14.8. The smallest absolute Gasteiger partial charge is 0.355 e. The molecule has 28 heavy (non-hydrogen) atoms. The lowest BCUT2D eigenvalue weighted by atomic mass is 10.1. The van der Waals surface area contributed by atoms with Crippen molar-refractivity contribution in [2.45, 2.75) is 13.8 Å². The van der Waals surface area contributed by atoms with Crippen molar-refractivity contribution in [1.29, 1.82) is 0 Å². The molecule has 0 unspecified atom stereocenters. The molecule has 0 atom stereocenters. The second-order valence-electron chi connectivity index (χ2n) is 6.08. The Hall–Kier alpha value is -3.75. The van der Waals surface area contributed by atoms with Crippen LogP contribution in [0.3, 0.4) is 0 Å². The highest BCUT2D eigenvalue weighted by Gasteiger charge is 2.15. The number of fused-ring (bicyclic) bond motifs is 2. The first-order valence-electron chi connectivity index (χ1n) is 8.55. The monoisotopic (exact) mass is 382 g/mol. The zero-order chi connectivity index (χ0) is 19.5. The molecule has 144 valence electrons. The predicted octanol–water partition coefficient (Wildman–Crippen LogP) is 2.59. The Morgan fingerprint density at radius 3 is 1.64 bits per heavy atom. The van der Waals surface area contributed by atoms with Gasteiger partial charge in [0.25, 0.3) is 0 Å². The molecule has 2 aliphatic rings. The van der Waals surface area contributed by atoms with E-state index in [9.17, 15) is 4.79 Å². The molecule has 0 saturated carbocycles. The fourth-order valence-corrected chi connectivity index (χ4v) is 2.67. The van der Waals surface area contributed by atoms with Crippen LogP contribution in [0.15, 0.2) is 46.6 Å². The number of hydrogen-bond acceptors (Lipinski definition) is 7. The van der Waals surface area contributed by atoms with Gasteiger partial charge in [0.05, 0.1) is 11.4 Å². The Bertz CT molecular complexity index is 909. The van der Waals surface area contributed by atoms with Crippen LogP contribution in [0.2, 0.25) is 0 Å². The summed E-state index contributed by atoms with van der Waals surface area (Å²) in [5.41, 5.74) is 7.67. The van der Waals surface area contributed by atoms with Gasteiger partial charge in [0, 0.05) is 11.1 Å². The minimum absolute atomic E-state index is 0.205. The minimum atomic E-state index is -0.555. The number of hydrogen-bond donors (Lipinski definition) is 2. The summed E-state index contributed by atoms with van der Waals surface area (Å²) >= 11 is 0. The third-order valence-corrected chi connectivity index (χ3v) is 4.23. The van der Waals surface area contributed by atoms with Gasteiger partial charge < -0.3 is 18.9 Å². The Labute approximate surface area is 160 Å². The quantitative estimate of drug-likeness (QED) is 0.625. The number of benzene rings is 2. The van der Waals surface area contributed by atoms with Crippen molar-refractivity contribution in [2.24, 2.45) is 10.2 Å². The molecule has 2 amide bonds. The molecule has 4 rings (SSSR count). The molecule has 0 spiro atoms. The van der Waals surface area contributed by atoms with Gasteiger partial charge in [0.2, 0.25) is 13.6 Å². The standard InChI is InChI=1S/C19H18N4O5/c1-11(13-3-5-15-17(7-13)27-9-25-15)20-22-19(24)23-21-12(2)14-4-6-16-18(8-14)28-10-26-16/h3-8H,9-10H2,1-2H3,(H2,22,23,24)/b20-11+,21-12+. The molecule has 0 aliphatic carbocycles. The number of hydrazone groups is 2. The fraction of sp³-hybridized carbons (Fsp3) is 0.211. The van der Waals surface area contributed by atoms with Crippen molar-refractivity contribution in [3.8, 4) is 23.0 Å². The van der Waals surface area contributed by atoms with Gasteiger partial charge in [-0.3, -0.25) is 0 Å². The average Bonchev–Trinajstić information content (AvgIpc) is 3.37. The number of nitrogens with zero attached hydrogens (tertiary/aromatic N) is 2. The van der Waals surface area contributed by atoms with Gasteiger partial charge in [0.1, 0.15) is 0 Å². The van der Waals surface area contributed by atoms with Gasteiger partial charge in [-0.05, 0) is 50.2 Å². The highest BCUT2D eigenvalue weighted by Crippen LogP contribution is 2.33. The van der Waals surface area contributed by atoms with Gasteiger partial charge in [-0.15, -0.1) is 0 Å². The number of ether oxygens (including phenoxy) is 4. The maximum Gasteiger partial charge on any atom is 0.355 e. The van der Waals surface area contributed by atoms with Crippen molar-refractivity contribution in [1.82, 2.24) is 10.9 Å². The largest absolute Gasteiger partial charge is 0.454 e. The first-order valence-corrected chi connectivity index (χ1v) is 8.55. The molecule has 2 aliphatic heterocycles. The highest BCUT2D eigenvalue weighted by molar-refractivity contribution is 6.00. The molecule has 2 aromatic rings. The lowest BCUT2D eigenvalue weighted by molar-refractivity contribution is 0.173. The number of urea groups is 1. The fourth-order valence-electron chi connectivity index (χ4n) is 2.67. The first kappa shape index (κ1) is 17.7. The Morgan fingerprint density at radius 1 is 0.750 bits per heavy atom. The van der Waals surface area contributed by atoms with E-state index in [2.05, 4.69) is 21.1 Å². The number of carbonyl (C=O) groups excluding carboxylic acids is 1. The summed E-state index contributed by atoms with van der Waals surface area (Å²) in [5.74, 6) is 2.69. The summed E-state index contributed by atoms with van der Waals surface area (Å²) in [6, 6.07) is 10.3. The number of rotatable bonds is 4. The number of carbonyl (C=O) groups is 1. The van der Waals surface area contributed by atoms with E-state index in [1.807, 2.05) is 24.3 Å². The SMILES string of the molecule is C/C(=N\NC(=O)N/N=C(\C)c1ccc2c(c1)OCO2)c1ccc2c(c1)OCO2. The van der Waals surface area contributed by atoms with Gasteiger partial charge >= 0.3 is 6.03 Å². The molecule has 0 saturated heterocycles. The van der Waals surface area contributed by atoms with Gasteiger partial charge in [-0.25, -0.2) is 15.6 Å². The molecule has 2 N–H and O–H groups in total. The molecule has 2 aromatic carbocycles. The first-order chi connectivity index (χ1) is 13.6. The van der Waals surface area contributed by atoms with Gasteiger partial charge in [0.15, 0.2) is 23.0 Å². The zero-order valence-corrected chi connectivity index (χ0v) is 15.3. The van der Waals surface area contributed by atoms with Crippen LogP contribution in [0.1, 0.15) is 25.0 Å². The van der Waals surface area contributed by atoms with E-state index in [-0.39, 0.29) is 13.6 Å². The third-order valence-electron chi connectivity index (χ3n) is 4.23. The summed E-state index contributed by atoms with van der Waals surface area (Å²) in [4.78, 5) is 12.0. The van der Waals surface area contributed by atoms with Crippen LogP contribution < -0.4 is 29.8 Å². The summed E-state index contributed by atoms with van der Waals surface area (Å²) in [6.07, 6.45) is 0. The molecule has 0 bridgehead atoms. The lowest BCUT2D eigenvalue weighted by Crippen LogP contribution is -2.30. The third kappa shape index (κ3) is 3.68. The summed E-state index contributed by atoms with van der Waals surface area (Å²) in [6.45, 7) is 3.96. The van der Waals surface area contributed by atoms with Crippen LogP contribution in [-0.2, 0) is 0 Å². The molecule has 0 radical (unpaired) electrons. The van der Waals surface area contributed by atoms with Crippen molar-refractivity contribution >= 4 is 17.5 Å². The second-order valence-corrected chi connectivity index (χ2v) is 6.08. The van der Waals surface area contributed by atoms with Crippen LogP contribution in [0.4, 0.5) is 4.79 Å². The Balaban J connectivity index is 1.36. The summed E-state index contributed by atoms with van der Waals surface area (Å²) < 4.78 is 21.2. The van der Waals surface area contributed by atoms with Crippen LogP contribution in [0.25, 0.3) is 0 Å². The average molecular weight is 382 g/mol. The lowest BCUT2D eigenvalue weighted by Gasteiger charge is -2.05. The van der Waals surface area contributed by atoms with Gasteiger partial charge in [-0.1, -0.05) is 0 Å². The predicted molar refractivity (Wildman–Crippen MR) is 101 cm³/mol. The highest BCUT2D eigenvalue weighted by atomic mass is 16.7. The molecule has 0 aromatic heterocycles. The summed E-state index contributed by atoms with van der Waals surface area (Å²) in [5, 5.41) is 8.14. The van der Waals surface area contributed by atoms with E-state index in [1.54, 1.807) is 26.0 Å². The van der Waals surface area contributed by atoms with Crippen molar-refractivity contribution in [3.63, 3.8) is 0 Å². The molecular formula is C19H18N4O5. The number of nitrogens with one attached hydrogen (secondary N) is 2. The zero-order valence-electron chi connectivity index (χ0n) is 15.3. The van der Waals surface area contributed by atoms with Crippen LogP contribution in [0.5, 0.6) is 23.0 Å². The van der Waals surface area contributed by atoms with E-state index >= 15 is 0 Å². The van der Waals surface area contributed by atoms with E-state index in [0.717, 1.165) is 11.1 Å². The van der Waals surface area contributed by atoms with Crippen LogP contribution in [-0.4, -0.2) is 31.0 Å². The second kappa shape index (κ2) is 7.47. The minimum Gasteiger partial charge on any atom is -0.454 e. The Kier molecular flexibility index (Phi) is 4.71. The molecular weight excluding hydrogens is 364 g/mol. The molecule has 9 nitrogen and oxygen atoms in total. The Morgan fingerprint density at radius 2 is 1.18 bits per heavy atom. The molecule has 9 heteroatoms.